The van der Waals surface area contributed by atoms with Crippen molar-refractivity contribution in [1.29, 1.82) is 0 Å². The number of hydrogen-bond donors (Lipinski definition) is 3. The van der Waals surface area contributed by atoms with Gasteiger partial charge in [0.25, 0.3) is 0 Å². The van der Waals surface area contributed by atoms with Gasteiger partial charge in [-0.05, 0) is 30.7 Å². The van der Waals surface area contributed by atoms with Crippen molar-refractivity contribution >= 4 is 0 Å². The highest BCUT2D eigenvalue weighted by atomic mass is 16.3. The van der Waals surface area contributed by atoms with Gasteiger partial charge in [0.1, 0.15) is 0 Å². The topological polar surface area (TPSA) is 85.2 Å². The number of nitrogens with zero attached hydrogens (tertiary/aromatic N) is 1. The molecule has 0 saturated carbocycles. The molecule has 4 nitrogen and oxygen atoms in total. The minimum Gasteiger partial charge on any atom is -0.387 e. The molecular formula is C9H15N3O. The Morgan fingerprint density at radius 2 is 2.00 bits per heavy atom. The highest BCUT2D eigenvalue weighted by molar-refractivity contribution is 5.14. The van der Waals surface area contributed by atoms with Crippen molar-refractivity contribution in [3.8, 4) is 0 Å². The average Bonchev–Trinajstić information content (AvgIpc) is 2.18. The summed E-state index contributed by atoms with van der Waals surface area (Å²) in [4.78, 5) is 3.86. The van der Waals surface area contributed by atoms with E-state index in [-0.39, 0.29) is 6.04 Å². The van der Waals surface area contributed by atoms with Crippen molar-refractivity contribution in [2.75, 3.05) is 6.54 Å². The summed E-state index contributed by atoms with van der Waals surface area (Å²) < 4.78 is 0. The standard InChI is InChI=1S/C9H15N3O/c10-4-1-8(11)9(13)7-2-5-12-6-3-7/h2-3,5-6,8-9,13H,1,4,10-11H2. The molecule has 0 fully saturated rings. The van der Waals surface area contributed by atoms with E-state index in [0.717, 1.165) is 5.56 Å². The third-order valence-electron chi connectivity index (χ3n) is 1.95. The molecule has 0 bridgehead atoms. The Bertz CT molecular complexity index is 240. The highest BCUT2D eigenvalue weighted by Crippen LogP contribution is 2.15. The minimum atomic E-state index is -0.647. The fourth-order valence-corrected chi connectivity index (χ4v) is 1.16. The lowest BCUT2D eigenvalue weighted by atomic mass is 10.0. The molecule has 0 aliphatic heterocycles. The molecule has 0 aliphatic rings. The molecular weight excluding hydrogens is 166 g/mol. The van der Waals surface area contributed by atoms with Crippen molar-refractivity contribution in [3.63, 3.8) is 0 Å². The number of rotatable bonds is 4. The number of nitrogens with two attached hydrogens (primary N) is 2. The highest BCUT2D eigenvalue weighted by Gasteiger charge is 2.15. The third kappa shape index (κ3) is 2.77. The first kappa shape index (κ1) is 10.1. The smallest absolute Gasteiger partial charge is 0.0942 e. The summed E-state index contributed by atoms with van der Waals surface area (Å²) in [6, 6.07) is 3.20. The van der Waals surface area contributed by atoms with E-state index in [1.807, 2.05) is 0 Å². The van der Waals surface area contributed by atoms with E-state index in [4.69, 9.17) is 11.5 Å². The van der Waals surface area contributed by atoms with Crippen LogP contribution in [0.3, 0.4) is 0 Å². The molecule has 0 saturated heterocycles. The first-order valence-corrected chi connectivity index (χ1v) is 4.29. The first-order chi connectivity index (χ1) is 6.25. The zero-order chi connectivity index (χ0) is 9.68. The third-order valence-corrected chi connectivity index (χ3v) is 1.95. The van der Waals surface area contributed by atoms with Crippen molar-refractivity contribution in [2.45, 2.75) is 18.6 Å². The van der Waals surface area contributed by atoms with E-state index in [1.54, 1.807) is 24.5 Å². The molecule has 13 heavy (non-hydrogen) atoms. The molecule has 2 unspecified atom stereocenters. The van der Waals surface area contributed by atoms with E-state index in [1.165, 1.54) is 0 Å². The summed E-state index contributed by atoms with van der Waals surface area (Å²) in [6.45, 7) is 0.489. The Hall–Kier alpha value is -0.970. The summed E-state index contributed by atoms with van der Waals surface area (Å²) in [7, 11) is 0. The molecule has 0 aromatic carbocycles. The quantitative estimate of drug-likeness (QED) is 0.600. The van der Waals surface area contributed by atoms with Gasteiger partial charge in [0.2, 0.25) is 0 Å². The molecule has 0 aliphatic carbocycles. The van der Waals surface area contributed by atoms with Crippen LogP contribution >= 0.6 is 0 Å². The van der Waals surface area contributed by atoms with E-state index in [2.05, 4.69) is 4.98 Å². The second-order valence-corrected chi connectivity index (χ2v) is 2.97. The van der Waals surface area contributed by atoms with Crippen LogP contribution in [-0.2, 0) is 0 Å². The minimum absolute atomic E-state index is 0.299. The molecule has 0 radical (unpaired) electrons. The fourth-order valence-electron chi connectivity index (χ4n) is 1.16. The van der Waals surface area contributed by atoms with Crippen LogP contribution < -0.4 is 11.5 Å². The summed E-state index contributed by atoms with van der Waals surface area (Å²) in [5.74, 6) is 0. The van der Waals surface area contributed by atoms with Crippen LogP contribution in [0, 0.1) is 0 Å². The molecule has 72 valence electrons. The van der Waals surface area contributed by atoms with Gasteiger partial charge in [-0.15, -0.1) is 0 Å². The number of aliphatic hydroxyl groups is 1. The van der Waals surface area contributed by atoms with E-state index >= 15 is 0 Å². The molecule has 2 atom stereocenters. The van der Waals surface area contributed by atoms with Crippen molar-refractivity contribution in [2.24, 2.45) is 11.5 Å². The van der Waals surface area contributed by atoms with Crippen molar-refractivity contribution < 1.29 is 5.11 Å². The molecule has 1 rings (SSSR count). The molecule has 0 amide bonds. The Morgan fingerprint density at radius 3 is 2.54 bits per heavy atom. The van der Waals surface area contributed by atoms with Crippen LogP contribution in [0.25, 0.3) is 0 Å². The summed E-state index contributed by atoms with van der Waals surface area (Å²) in [6.07, 6.45) is 3.23. The van der Waals surface area contributed by atoms with Crippen LogP contribution in [0.15, 0.2) is 24.5 Å². The SMILES string of the molecule is NCCC(N)C(O)c1ccncc1. The van der Waals surface area contributed by atoms with Gasteiger partial charge in [-0.1, -0.05) is 0 Å². The van der Waals surface area contributed by atoms with Crippen molar-refractivity contribution in [1.82, 2.24) is 4.98 Å². The summed E-state index contributed by atoms with van der Waals surface area (Å²) >= 11 is 0. The molecule has 5 N–H and O–H groups in total. The van der Waals surface area contributed by atoms with Crippen LogP contribution in [0.1, 0.15) is 18.1 Å². The number of hydrogen-bond acceptors (Lipinski definition) is 4. The largest absolute Gasteiger partial charge is 0.387 e. The average molecular weight is 181 g/mol. The van der Waals surface area contributed by atoms with Crippen LogP contribution in [-0.4, -0.2) is 22.7 Å². The second-order valence-electron chi connectivity index (χ2n) is 2.97. The Labute approximate surface area is 77.6 Å². The number of aromatic nitrogens is 1. The van der Waals surface area contributed by atoms with Crippen molar-refractivity contribution in [3.05, 3.63) is 30.1 Å². The zero-order valence-corrected chi connectivity index (χ0v) is 7.43. The summed E-state index contributed by atoms with van der Waals surface area (Å²) in [5, 5.41) is 9.71. The van der Waals surface area contributed by atoms with Gasteiger partial charge in [-0.2, -0.15) is 0 Å². The van der Waals surface area contributed by atoms with E-state index in [0.29, 0.717) is 13.0 Å². The lowest BCUT2D eigenvalue weighted by Crippen LogP contribution is -2.30. The Morgan fingerprint density at radius 1 is 1.38 bits per heavy atom. The molecule has 0 spiro atoms. The Kier molecular flexibility index (Phi) is 3.82. The van der Waals surface area contributed by atoms with Gasteiger partial charge < -0.3 is 16.6 Å². The van der Waals surface area contributed by atoms with Gasteiger partial charge in [0.05, 0.1) is 6.10 Å². The first-order valence-electron chi connectivity index (χ1n) is 4.29. The summed E-state index contributed by atoms with van der Waals surface area (Å²) in [5.41, 5.74) is 11.8. The maximum Gasteiger partial charge on any atom is 0.0942 e. The second kappa shape index (κ2) is 4.91. The lowest BCUT2D eigenvalue weighted by molar-refractivity contribution is 0.143. The number of aliphatic hydroxyl groups excluding tert-OH is 1. The Balaban J connectivity index is 2.62. The van der Waals surface area contributed by atoms with E-state index in [9.17, 15) is 5.11 Å². The van der Waals surface area contributed by atoms with Gasteiger partial charge in [-0.25, -0.2) is 0 Å². The zero-order valence-electron chi connectivity index (χ0n) is 7.43. The predicted molar refractivity (Wildman–Crippen MR) is 50.8 cm³/mol. The van der Waals surface area contributed by atoms with Gasteiger partial charge in [-0.3, -0.25) is 4.98 Å². The predicted octanol–water partition coefficient (Wildman–Crippen LogP) is -0.209. The van der Waals surface area contributed by atoms with E-state index < -0.39 is 6.10 Å². The lowest BCUT2D eigenvalue weighted by Gasteiger charge is -2.17. The molecule has 4 heteroatoms. The maximum absolute atomic E-state index is 9.71. The normalized spacial score (nSPS) is 15.3. The molecule has 1 heterocycles. The molecule has 1 aromatic heterocycles. The molecule has 1 aromatic rings. The monoisotopic (exact) mass is 181 g/mol. The van der Waals surface area contributed by atoms with Gasteiger partial charge in [0.15, 0.2) is 0 Å². The van der Waals surface area contributed by atoms with Crippen LogP contribution in [0.2, 0.25) is 0 Å². The maximum atomic E-state index is 9.71. The number of pyridine rings is 1. The van der Waals surface area contributed by atoms with Crippen LogP contribution in [0.5, 0.6) is 0 Å². The fraction of sp³-hybridized carbons (Fsp3) is 0.444. The van der Waals surface area contributed by atoms with Crippen LogP contribution in [0.4, 0.5) is 0 Å². The van der Waals surface area contributed by atoms with Gasteiger partial charge >= 0.3 is 0 Å². The van der Waals surface area contributed by atoms with Gasteiger partial charge in [0, 0.05) is 18.4 Å².